The van der Waals surface area contributed by atoms with E-state index in [0.717, 1.165) is 5.75 Å². The van der Waals surface area contributed by atoms with Gasteiger partial charge in [-0.15, -0.1) is 0 Å². The highest BCUT2D eigenvalue weighted by Crippen LogP contribution is 2.29. The van der Waals surface area contributed by atoms with Crippen LogP contribution in [0.4, 0.5) is 0 Å². The number of carboxylic acid groups (broad SMARTS) is 1. The predicted molar refractivity (Wildman–Crippen MR) is 77.0 cm³/mol. The van der Waals surface area contributed by atoms with Crippen LogP contribution in [-0.4, -0.2) is 71.6 Å². The fraction of sp³-hybridized carbons (Fsp3) is 0.769. The van der Waals surface area contributed by atoms with E-state index in [1.807, 2.05) is 0 Å². The number of hydrogen-bond acceptors (Lipinski definition) is 5. The summed E-state index contributed by atoms with van der Waals surface area (Å²) in [6, 6.07) is 0. The maximum Gasteiger partial charge on any atom is 0.330 e. The number of carbonyl (C=O) groups excluding carboxylic acids is 2. The van der Waals surface area contributed by atoms with Crippen LogP contribution in [0.2, 0.25) is 0 Å². The van der Waals surface area contributed by atoms with E-state index in [1.54, 1.807) is 12.0 Å². The van der Waals surface area contributed by atoms with E-state index < -0.39 is 17.4 Å². The number of methoxy groups -OCH3 is 1. The molecular weight excluding hydrogens is 296 g/mol. The fourth-order valence-corrected chi connectivity index (χ4v) is 3.91. The van der Waals surface area contributed by atoms with E-state index in [-0.39, 0.29) is 18.2 Å². The van der Waals surface area contributed by atoms with Gasteiger partial charge in [0.1, 0.15) is 5.54 Å². The molecule has 0 aliphatic carbocycles. The van der Waals surface area contributed by atoms with Crippen molar-refractivity contribution in [2.75, 3.05) is 38.3 Å². The van der Waals surface area contributed by atoms with Crippen molar-refractivity contribution < 1.29 is 24.2 Å². The largest absolute Gasteiger partial charge is 0.479 e. The van der Waals surface area contributed by atoms with Crippen molar-refractivity contribution in [3.63, 3.8) is 0 Å². The SMILES string of the molecule is COCCN1CC(C(=O)NC2(C(=O)O)CCSC2)CC1=O. The fourth-order valence-electron chi connectivity index (χ4n) is 2.59. The topological polar surface area (TPSA) is 95.9 Å². The van der Waals surface area contributed by atoms with Crippen LogP contribution in [0.25, 0.3) is 0 Å². The van der Waals surface area contributed by atoms with Crippen molar-refractivity contribution in [2.24, 2.45) is 5.92 Å². The second-order valence-corrected chi connectivity index (χ2v) is 6.52. The Hall–Kier alpha value is -1.28. The highest BCUT2D eigenvalue weighted by Gasteiger charge is 2.45. The van der Waals surface area contributed by atoms with E-state index in [4.69, 9.17) is 4.74 Å². The zero-order chi connectivity index (χ0) is 15.5. The van der Waals surface area contributed by atoms with Crippen LogP contribution in [0.3, 0.4) is 0 Å². The van der Waals surface area contributed by atoms with E-state index in [9.17, 15) is 19.5 Å². The molecule has 2 atom stereocenters. The van der Waals surface area contributed by atoms with Gasteiger partial charge < -0.3 is 20.1 Å². The van der Waals surface area contributed by atoms with E-state index in [2.05, 4.69) is 5.32 Å². The summed E-state index contributed by atoms with van der Waals surface area (Å²) in [5.41, 5.74) is -1.18. The highest BCUT2D eigenvalue weighted by molar-refractivity contribution is 7.99. The summed E-state index contributed by atoms with van der Waals surface area (Å²) in [7, 11) is 1.55. The molecule has 8 heteroatoms. The number of likely N-dealkylation sites (tertiary alicyclic amines) is 1. The summed E-state index contributed by atoms with van der Waals surface area (Å²) in [5.74, 6) is -0.804. The Bertz CT molecular complexity index is 436. The van der Waals surface area contributed by atoms with Crippen LogP contribution < -0.4 is 5.32 Å². The second kappa shape index (κ2) is 6.65. The molecule has 2 aliphatic heterocycles. The Morgan fingerprint density at radius 2 is 2.33 bits per heavy atom. The van der Waals surface area contributed by atoms with Gasteiger partial charge >= 0.3 is 5.97 Å². The van der Waals surface area contributed by atoms with E-state index in [0.29, 0.717) is 31.9 Å². The average Bonchev–Trinajstić information content (AvgIpc) is 3.04. The molecular formula is C13H20N2O5S. The van der Waals surface area contributed by atoms with Crippen molar-refractivity contribution in [3.8, 4) is 0 Å². The van der Waals surface area contributed by atoms with Gasteiger partial charge in [-0.1, -0.05) is 0 Å². The van der Waals surface area contributed by atoms with Gasteiger partial charge in [-0.05, 0) is 12.2 Å². The minimum Gasteiger partial charge on any atom is -0.479 e. The second-order valence-electron chi connectivity index (χ2n) is 5.41. The van der Waals surface area contributed by atoms with Crippen molar-refractivity contribution in [2.45, 2.75) is 18.4 Å². The first-order chi connectivity index (χ1) is 9.98. The van der Waals surface area contributed by atoms with Gasteiger partial charge in [-0.25, -0.2) is 4.79 Å². The van der Waals surface area contributed by atoms with Crippen molar-refractivity contribution in [1.82, 2.24) is 10.2 Å². The quantitative estimate of drug-likeness (QED) is 0.689. The lowest BCUT2D eigenvalue weighted by Crippen LogP contribution is -2.56. The zero-order valence-electron chi connectivity index (χ0n) is 12.0. The molecule has 0 aromatic heterocycles. The Labute approximate surface area is 127 Å². The number of carboxylic acids is 1. The monoisotopic (exact) mass is 316 g/mol. The molecule has 2 unspecified atom stereocenters. The molecule has 2 fully saturated rings. The normalized spacial score (nSPS) is 28.9. The van der Waals surface area contributed by atoms with Crippen molar-refractivity contribution in [1.29, 1.82) is 0 Å². The van der Waals surface area contributed by atoms with Gasteiger partial charge in [0.05, 0.1) is 12.5 Å². The van der Waals surface area contributed by atoms with Gasteiger partial charge in [-0.3, -0.25) is 9.59 Å². The van der Waals surface area contributed by atoms with Gasteiger partial charge in [0.15, 0.2) is 0 Å². The summed E-state index contributed by atoms with van der Waals surface area (Å²) < 4.78 is 4.93. The standard InChI is InChI=1S/C13H20N2O5S/c1-20-4-3-15-7-9(6-10(15)16)11(17)14-13(12(18)19)2-5-21-8-13/h9H,2-8H2,1H3,(H,14,17)(H,18,19). The summed E-state index contributed by atoms with van der Waals surface area (Å²) >= 11 is 1.52. The number of thioether (sulfide) groups is 1. The summed E-state index contributed by atoms with van der Waals surface area (Å²) in [4.78, 5) is 37.1. The molecule has 2 aliphatic rings. The Kier molecular flexibility index (Phi) is 5.10. The molecule has 2 N–H and O–H groups in total. The minimum absolute atomic E-state index is 0.0858. The molecule has 0 radical (unpaired) electrons. The molecule has 0 spiro atoms. The third-order valence-corrected chi connectivity index (χ3v) is 5.13. The molecule has 2 amide bonds. The van der Waals surface area contributed by atoms with Crippen LogP contribution in [0.1, 0.15) is 12.8 Å². The van der Waals surface area contributed by atoms with Gasteiger partial charge in [0.2, 0.25) is 11.8 Å². The van der Waals surface area contributed by atoms with Crippen LogP contribution in [0.5, 0.6) is 0 Å². The highest BCUT2D eigenvalue weighted by atomic mass is 32.2. The molecule has 7 nitrogen and oxygen atoms in total. The molecule has 2 heterocycles. The summed E-state index contributed by atoms with van der Waals surface area (Å²) in [6.07, 6.45) is 0.561. The summed E-state index contributed by atoms with van der Waals surface area (Å²) in [6.45, 7) is 1.21. The maximum absolute atomic E-state index is 12.3. The van der Waals surface area contributed by atoms with Gasteiger partial charge in [0.25, 0.3) is 0 Å². The van der Waals surface area contributed by atoms with Crippen molar-refractivity contribution in [3.05, 3.63) is 0 Å². The molecule has 0 aromatic carbocycles. The van der Waals surface area contributed by atoms with Crippen LogP contribution >= 0.6 is 11.8 Å². The Morgan fingerprint density at radius 1 is 1.57 bits per heavy atom. The number of nitrogens with zero attached hydrogens (tertiary/aromatic N) is 1. The Balaban J connectivity index is 1.95. The third-order valence-electron chi connectivity index (χ3n) is 3.94. The first-order valence-corrected chi connectivity index (χ1v) is 8.04. The molecule has 118 valence electrons. The maximum atomic E-state index is 12.3. The molecule has 0 bridgehead atoms. The predicted octanol–water partition coefficient (Wildman–Crippen LogP) is -0.442. The smallest absolute Gasteiger partial charge is 0.330 e. The molecule has 0 saturated carbocycles. The molecule has 21 heavy (non-hydrogen) atoms. The first kappa shape index (κ1) is 16.1. The summed E-state index contributed by atoms with van der Waals surface area (Å²) in [5, 5.41) is 12.0. The number of ether oxygens (including phenoxy) is 1. The van der Waals surface area contributed by atoms with Crippen molar-refractivity contribution >= 4 is 29.5 Å². The number of nitrogens with one attached hydrogen (secondary N) is 1. The first-order valence-electron chi connectivity index (χ1n) is 6.88. The third kappa shape index (κ3) is 3.49. The molecule has 2 saturated heterocycles. The minimum atomic E-state index is -1.18. The number of rotatable bonds is 6. The zero-order valence-corrected chi connectivity index (χ0v) is 12.8. The lowest BCUT2D eigenvalue weighted by Gasteiger charge is -2.26. The lowest BCUT2D eigenvalue weighted by molar-refractivity contribution is -0.147. The van der Waals surface area contributed by atoms with Gasteiger partial charge in [-0.2, -0.15) is 11.8 Å². The lowest BCUT2D eigenvalue weighted by atomic mass is 9.97. The number of aliphatic carboxylic acids is 1. The van der Waals surface area contributed by atoms with Gasteiger partial charge in [0, 0.05) is 32.4 Å². The number of hydrogen-bond donors (Lipinski definition) is 2. The van der Waals surface area contributed by atoms with Crippen LogP contribution in [0, 0.1) is 5.92 Å². The molecule has 2 rings (SSSR count). The molecule has 0 aromatic rings. The van der Waals surface area contributed by atoms with Crippen LogP contribution in [0.15, 0.2) is 0 Å². The van der Waals surface area contributed by atoms with E-state index in [1.165, 1.54) is 11.8 Å². The Morgan fingerprint density at radius 3 is 2.90 bits per heavy atom. The van der Waals surface area contributed by atoms with Crippen LogP contribution in [-0.2, 0) is 19.1 Å². The number of amides is 2. The average molecular weight is 316 g/mol. The number of carbonyl (C=O) groups is 3. The van der Waals surface area contributed by atoms with E-state index >= 15 is 0 Å².